The van der Waals surface area contributed by atoms with Crippen LogP contribution in [0.15, 0.2) is 36.4 Å². The molecule has 0 radical (unpaired) electrons. The van der Waals surface area contributed by atoms with E-state index in [1.165, 1.54) is 31.2 Å². The Bertz CT molecular complexity index is 633. The fourth-order valence-electron chi connectivity index (χ4n) is 2.21. The summed E-state index contributed by atoms with van der Waals surface area (Å²) in [6.45, 7) is 1.37. The Labute approximate surface area is 114 Å². The van der Waals surface area contributed by atoms with Gasteiger partial charge in [0.25, 0.3) is 0 Å². The molecule has 2 N–H and O–H groups in total. The average Bonchev–Trinajstić information content (AvgIpc) is 2.40. The summed E-state index contributed by atoms with van der Waals surface area (Å²) in [5.74, 6) is -4.98. The highest BCUT2D eigenvalue weighted by Gasteiger charge is 2.39. The smallest absolute Gasteiger partial charge is 0.191 e. The molecule has 0 saturated carbocycles. The largest absolute Gasteiger partial charge is 0.298 e. The predicted octanol–water partition coefficient (Wildman–Crippen LogP) is 2.50. The molecule has 0 spiro atoms. The summed E-state index contributed by atoms with van der Waals surface area (Å²) < 4.78 is 27.8. The van der Waals surface area contributed by atoms with Crippen molar-refractivity contribution in [2.75, 3.05) is 0 Å². The number of ketones is 1. The molecule has 2 atom stereocenters. The molecule has 20 heavy (non-hydrogen) atoms. The normalized spacial score (nSPS) is 24.7. The molecule has 0 bridgehead atoms. The lowest BCUT2D eigenvalue weighted by Crippen LogP contribution is -2.45. The molecule has 1 aromatic carbocycles. The highest BCUT2D eigenvalue weighted by molar-refractivity contribution is 6.06. The number of carbonyl (C=O) groups excluding carboxylic acids is 2. The molecule has 2 rings (SSSR count). The van der Waals surface area contributed by atoms with Crippen molar-refractivity contribution in [2.45, 2.75) is 12.7 Å². The Hall–Kier alpha value is -2.14. The second-order valence-electron chi connectivity index (χ2n) is 4.67. The van der Waals surface area contributed by atoms with Crippen LogP contribution in [0, 0.1) is 18.7 Å². The molecule has 1 aromatic rings. The second-order valence-corrected chi connectivity index (χ2v) is 4.67. The van der Waals surface area contributed by atoms with Crippen LogP contribution >= 0.6 is 0 Å². The van der Waals surface area contributed by atoms with E-state index in [4.69, 9.17) is 5.73 Å². The highest BCUT2D eigenvalue weighted by atomic mass is 19.1. The van der Waals surface area contributed by atoms with E-state index < -0.39 is 23.3 Å². The molecule has 0 fully saturated rings. The molecule has 0 saturated heterocycles. The van der Waals surface area contributed by atoms with Gasteiger partial charge in [-0.25, -0.2) is 8.78 Å². The molecule has 3 nitrogen and oxygen atoms in total. The molecule has 1 aliphatic carbocycles. The minimum Gasteiger partial charge on any atom is -0.298 e. The zero-order valence-corrected chi connectivity index (χ0v) is 10.8. The van der Waals surface area contributed by atoms with Crippen molar-refractivity contribution < 1.29 is 18.4 Å². The van der Waals surface area contributed by atoms with E-state index >= 15 is 0 Å². The first-order valence-corrected chi connectivity index (χ1v) is 6.01. The van der Waals surface area contributed by atoms with Crippen molar-refractivity contribution in [3.05, 3.63) is 58.9 Å². The van der Waals surface area contributed by atoms with Gasteiger partial charge in [0, 0.05) is 11.1 Å². The lowest BCUT2D eigenvalue weighted by molar-refractivity contribution is 0.0803. The lowest BCUT2D eigenvalue weighted by Gasteiger charge is -2.26. The maximum absolute atomic E-state index is 14.2. The predicted molar refractivity (Wildman–Crippen MR) is 70.7 cm³/mol. The Morgan fingerprint density at radius 3 is 2.70 bits per heavy atom. The van der Waals surface area contributed by atoms with Gasteiger partial charge in [0.15, 0.2) is 17.9 Å². The number of allylic oxidation sites excluding steroid dienone is 2. The standard InChI is InChI=1S/C15H13F2NO2/c1-9-12(16)6-5-10(8-19)13(9)14(20)11-4-2-3-7-15(11,17)18/h2-8,11H,18H2,1H3. The molecule has 0 amide bonds. The third-order valence-electron chi connectivity index (χ3n) is 3.33. The van der Waals surface area contributed by atoms with Crippen LogP contribution in [0.2, 0.25) is 0 Å². The number of hydrogen-bond donors (Lipinski definition) is 1. The first kappa shape index (κ1) is 14.3. The van der Waals surface area contributed by atoms with Crippen LogP contribution in [0.3, 0.4) is 0 Å². The number of rotatable bonds is 3. The van der Waals surface area contributed by atoms with Crippen LogP contribution in [0.5, 0.6) is 0 Å². The van der Waals surface area contributed by atoms with Crippen molar-refractivity contribution >= 4 is 12.1 Å². The molecule has 5 heteroatoms. The van der Waals surface area contributed by atoms with Crippen molar-refractivity contribution in [2.24, 2.45) is 11.7 Å². The summed E-state index contributed by atoms with van der Waals surface area (Å²) in [5, 5.41) is 0. The number of aldehydes is 1. The van der Waals surface area contributed by atoms with Crippen molar-refractivity contribution in [1.29, 1.82) is 0 Å². The maximum atomic E-state index is 14.2. The van der Waals surface area contributed by atoms with E-state index in [2.05, 4.69) is 0 Å². The summed E-state index contributed by atoms with van der Waals surface area (Å²) in [7, 11) is 0. The first-order chi connectivity index (χ1) is 9.38. The van der Waals surface area contributed by atoms with Gasteiger partial charge in [0.2, 0.25) is 0 Å². The number of nitrogens with two attached hydrogens (primary N) is 1. The SMILES string of the molecule is Cc1c(F)ccc(C=O)c1C(=O)C1C=CC=CC1(N)F. The van der Waals surface area contributed by atoms with Crippen molar-refractivity contribution in [1.82, 2.24) is 0 Å². The minimum absolute atomic E-state index is 0.0124. The summed E-state index contributed by atoms with van der Waals surface area (Å²) in [6.07, 6.45) is 5.69. The zero-order valence-electron chi connectivity index (χ0n) is 10.8. The third-order valence-corrected chi connectivity index (χ3v) is 3.33. The second kappa shape index (κ2) is 5.09. The van der Waals surface area contributed by atoms with E-state index in [0.717, 1.165) is 12.1 Å². The van der Waals surface area contributed by atoms with Crippen LogP contribution in [0.1, 0.15) is 26.3 Å². The number of carbonyl (C=O) groups is 2. The number of alkyl halides is 1. The number of benzene rings is 1. The molecular formula is C15H13F2NO2. The van der Waals surface area contributed by atoms with Crippen LogP contribution in [0.4, 0.5) is 8.78 Å². The van der Waals surface area contributed by atoms with Gasteiger partial charge in [-0.2, -0.15) is 0 Å². The van der Waals surface area contributed by atoms with Gasteiger partial charge in [-0.15, -0.1) is 0 Å². The van der Waals surface area contributed by atoms with E-state index in [0.29, 0.717) is 6.29 Å². The number of halogens is 2. The summed E-state index contributed by atoms with van der Waals surface area (Å²) in [6, 6.07) is 2.29. The van der Waals surface area contributed by atoms with Crippen LogP contribution in [0.25, 0.3) is 0 Å². The Balaban J connectivity index is 2.54. The molecule has 0 heterocycles. The van der Waals surface area contributed by atoms with Gasteiger partial charge in [0.1, 0.15) is 5.82 Å². The van der Waals surface area contributed by atoms with Crippen molar-refractivity contribution in [3.63, 3.8) is 0 Å². The quantitative estimate of drug-likeness (QED) is 0.524. The van der Waals surface area contributed by atoms with Gasteiger partial charge >= 0.3 is 0 Å². The average molecular weight is 277 g/mol. The Morgan fingerprint density at radius 2 is 2.10 bits per heavy atom. The lowest BCUT2D eigenvalue weighted by atomic mass is 9.83. The topological polar surface area (TPSA) is 60.2 Å². The fraction of sp³-hybridized carbons (Fsp3) is 0.200. The molecular weight excluding hydrogens is 264 g/mol. The zero-order chi connectivity index (χ0) is 14.9. The van der Waals surface area contributed by atoms with E-state index in [-0.39, 0.29) is 16.7 Å². The molecule has 0 aromatic heterocycles. The highest BCUT2D eigenvalue weighted by Crippen LogP contribution is 2.29. The number of Topliss-reactive ketones (excluding diaryl/α,β-unsaturated/α-hetero) is 1. The van der Waals surface area contributed by atoms with E-state index in [1.807, 2.05) is 0 Å². The van der Waals surface area contributed by atoms with Gasteiger partial charge < -0.3 is 0 Å². The van der Waals surface area contributed by atoms with Crippen LogP contribution in [-0.4, -0.2) is 17.9 Å². The van der Waals surface area contributed by atoms with Gasteiger partial charge in [0.05, 0.1) is 5.92 Å². The molecule has 1 aliphatic rings. The van der Waals surface area contributed by atoms with Gasteiger partial charge in [-0.05, 0) is 30.7 Å². The summed E-state index contributed by atoms with van der Waals surface area (Å²) in [5.41, 5.74) is 5.34. The summed E-state index contributed by atoms with van der Waals surface area (Å²) in [4.78, 5) is 23.4. The molecule has 104 valence electrons. The Kier molecular flexibility index (Phi) is 3.63. The summed E-state index contributed by atoms with van der Waals surface area (Å²) >= 11 is 0. The van der Waals surface area contributed by atoms with Crippen molar-refractivity contribution in [3.8, 4) is 0 Å². The van der Waals surface area contributed by atoms with Gasteiger partial charge in [-0.1, -0.05) is 18.2 Å². The van der Waals surface area contributed by atoms with E-state index in [9.17, 15) is 18.4 Å². The number of hydrogen-bond acceptors (Lipinski definition) is 3. The van der Waals surface area contributed by atoms with Crippen LogP contribution in [-0.2, 0) is 0 Å². The van der Waals surface area contributed by atoms with Gasteiger partial charge in [-0.3, -0.25) is 15.3 Å². The maximum Gasteiger partial charge on any atom is 0.191 e. The Morgan fingerprint density at radius 1 is 1.40 bits per heavy atom. The third kappa shape index (κ3) is 2.32. The first-order valence-electron chi connectivity index (χ1n) is 6.01. The molecule has 0 aliphatic heterocycles. The monoisotopic (exact) mass is 277 g/mol. The van der Waals surface area contributed by atoms with Crippen LogP contribution < -0.4 is 5.73 Å². The fourth-order valence-corrected chi connectivity index (χ4v) is 2.21. The van der Waals surface area contributed by atoms with E-state index in [1.54, 1.807) is 0 Å². The molecule has 2 unspecified atom stereocenters. The minimum atomic E-state index is -2.36.